The van der Waals surface area contributed by atoms with E-state index in [0.29, 0.717) is 12.4 Å². The summed E-state index contributed by atoms with van der Waals surface area (Å²) in [6.07, 6.45) is 3.19. The van der Waals surface area contributed by atoms with Crippen molar-refractivity contribution in [1.29, 1.82) is 0 Å². The first kappa shape index (κ1) is 15.3. The van der Waals surface area contributed by atoms with Crippen LogP contribution < -0.4 is 5.32 Å². The summed E-state index contributed by atoms with van der Waals surface area (Å²) in [5.41, 5.74) is 0. The van der Waals surface area contributed by atoms with Gasteiger partial charge in [-0.05, 0) is 25.7 Å². The average Bonchev–Trinajstić information content (AvgIpc) is 2.84. The molecule has 1 aliphatic heterocycles. The van der Waals surface area contributed by atoms with E-state index in [2.05, 4.69) is 15.5 Å². The number of piperidine rings is 1. The molecule has 3 unspecified atom stereocenters. The van der Waals surface area contributed by atoms with E-state index in [1.807, 2.05) is 6.92 Å². The monoisotopic (exact) mass is 295 g/mol. The lowest BCUT2D eigenvalue weighted by Crippen LogP contribution is -2.55. The van der Waals surface area contributed by atoms with Crippen molar-refractivity contribution in [2.75, 3.05) is 6.54 Å². The second kappa shape index (κ2) is 6.11. The Balaban J connectivity index is 2.08. The zero-order valence-electron chi connectivity index (χ0n) is 12.5. The molecule has 3 atom stereocenters. The lowest BCUT2D eigenvalue weighted by atomic mass is 9.91. The molecule has 2 rings (SSSR count). The largest absolute Gasteiger partial charge is 0.480 e. The van der Waals surface area contributed by atoms with Crippen LogP contribution >= 0.6 is 0 Å². The molecular formula is C13H21N5O3. The van der Waals surface area contributed by atoms with Crippen molar-refractivity contribution in [3.63, 3.8) is 0 Å². The number of hydrogen-bond donors (Lipinski definition) is 2. The van der Waals surface area contributed by atoms with E-state index in [4.69, 9.17) is 0 Å². The first-order valence-electron chi connectivity index (χ1n) is 7.05. The number of amides is 2. The van der Waals surface area contributed by atoms with Crippen LogP contribution in [0.3, 0.4) is 0 Å². The molecule has 1 aliphatic rings. The number of carbonyl (C=O) groups is 2. The van der Waals surface area contributed by atoms with E-state index < -0.39 is 12.0 Å². The molecule has 116 valence electrons. The lowest BCUT2D eigenvalue weighted by molar-refractivity contribution is -0.145. The van der Waals surface area contributed by atoms with Crippen LogP contribution in [0, 0.1) is 5.92 Å². The maximum Gasteiger partial charge on any atom is 0.326 e. The number of carboxylic acids is 1. The molecule has 0 aliphatic carbocycles. The Morgan fingerprint density at radius 3 is 2.81 bits per heavy atom. The summed E-state index contributed by atoms with van der Waals surface area (Å²) < 4.78 is 1.72. The van der Waals surface area contributed by atoms with Crippen LogP contribution in [-0.4, -0.2) is 49.4 Å². The normalized spacial score (nSPS) is 23.7. The molecule has 0 radical (unpaired) electrons. The van der Waals surface area contributed by atoms with Crippen molar-refractivity contribution >= 4 is 12.0 Å². The Kier molecular flexibility index (Phi) is 4.44. The van der Waals surface area contributed by atoms with E-state index >= 15 is 0 Å². The van der Waals surface area contributed by atoms with Gasteiger partial charge in [0.2, 0.25) is 0 Å². The molecule has 1 aromatic heterocycles. The van der Waals surface area contributed by atoms with Gasteiger partial charge in [0, 0.05) is 13.6 Å². The maximum absolute atomic E-state index is 12.4. The predicted octanol–water partition coefficient (Wildman–Crippen LogP) is 0.771. The number of likely N-dealkylation sites (tertiary alicyclic amines) is 1. The van der Waals surface area contributed by atoms with Crippen LogP contribution in [0.2, 0.25) is 0 Å². The van der Waals surface area contributed by atoms with Gasteiger partial charge in [-0.1, -0.05) is 6.92 Å². The van der Waals surface area contributed by atoms with Gasteiger partial charge in [-0.2, -0.15) is 0 Å². The third-order valence-electron chi connectivity index (χ3n) is 3.92. The van der Waals surface area contributed by atoms with Gasteiger partial charge in [-0.25, -0.2) is 9.59 Å². The molecule has 21 heavy (non-hydrogen) atoms. The van der Waals surface area contributed by atoms with Crippen LogP contribution in [-0.2, 0) is 11.8 Å². The first-order chi connectivity index (χ1) is 9.91. The minimum Gasteiger partial charge on any atom is -0.480 e. The highest BCUT2D eigenvalue weighted by Crippen LogP contribution is 2.24. The van der Waals surface area contributed by atoms with Gasteiger partial charge in [-0.15, -0.1) is 10.2 Å². The molecule has 8 nitrogen and oxygen atoms in total. The number of aromatic nitrogens is 3. The van der Waals surface area contributed by atoms with Crippen LogP contribution in [0.5, 0.6) is 0 Å². The Morgan fingerprint density at radius 1 is 1.52 bits per heavy atom. The third kappa shape index (κ3) is 3.14. The van der Waals surface area contributed by atoms with E-state index in [1.54, 1.807) is 24.9 Å². The van der Waals surface area contributed by atoms with Gasteiger partial charge in [0.1, 0.15) is 12.4 Å². The average molecular weight is 295 g/mol. The molecule has 1 aromatic rings. The van der Waals surface area contributed by atoms with E-state index in [1.165, 1.54) is 4.90 Å². The molecule has 0 spiro atoms. The predicted molar refractivity (Wildman–Crippen MR) is 74.5 cm³/mol. The zero-order chi connectivity index (χ0) is 15.6. The highest BCUT2D eigenvalue weighted by atomic mass is 16.4. The molecule has 0 bridgehead atoms. The highest BCUT2D eigenvalue weighted by molar-refractivity contribution is 5.83. The maximum atomic E-state index is 12.4. The Morgan fingerprint density at radius 2 is 2.24 bits per heavy atom. The summed E-state index contributed by atoms with van der Waals surface area (Å²) in [5.74, 6) is -0.379. The number of urea groups is 1. The summed E-state index contributed by atoms with van der Waals surface area (Å²) in [6.45, 7) is 4.12. The summed E-state index contributed by atoms with van der Waals surface area (Å²) in [7, 11) is 1.79. The van der Waals surface area contributed by atoms with Crippen LogP contribution in [0.15, 0.2) is 6.33 Å². The Hall–Kier alpha value is -2.12. The van der Waals surface area contributed by atoms with Gasteiger partial charge in [-0.3, -0.25) is 0 Å². The molecule has 2 N–H and O–H groups in total. The molecule has 2 amide bonds. The number of aliphatic carboxylic acids is 1. The molecule has 0 saturated carbocycles. The number of carbonyl (C=O) groups excluding carboxylic acids is 1. The molecule has 8 heteroatoms. The van der Waals surface area contributed by atoms with E-state index in [0.717, 1.165) is 12.8 Å². The number of hydrogen-bond acceptors (Lipinski definition) is 4. The van der Waals surface area contributed by atoms with Crippen molar-refractivity contribution < 1.29 is 14.7 Å². The Bertz CT molecular complexity index is 530. The molecule has 1 fully saturated rings. The van der Waals surface area contributed by atoms with Crippen molar-refractivity contribution in [3.05, 3.63) is 12.2 Å². The minimum atomic E-state index is -0.955. The van der Waals surface area contributed by atoms with Crippen molar-refractivity contribution in [1.82, 2.24) is 25.0 Å². The first-order valence-corrected chi connectivity index (χ1v) is 7.05. The van der Waals surface area contributed by atoms with Gasteiger partial charge in [0.25, 0.3) is 0 Å². The number of aryl methyl sites for hydroxylation is 1. The molecular weight excluding hydrogens is 274 g/mol. The summed E-state index contributed by atoms with van der Waals surface area (Å²) in [4.78, 5) is 25.2. The minimum absolute atomic E-state index is 0.0489. The Labute approximate surface area is 123 Å². The van der Waals surface area contributed by atoms with Gasteiger partial charge >= 0.3 is 12.0 Å². The van der Waals surface area contributed by atoms with Crippen molar-refractivity contribution in [2.24, 2.45) is 13.0 Å². The van der Waals surface area contributed by atoms with Gasteiger partial charge in [0.15, 0.2) is 5.82 Å². The fourth-order valence-corrected chi connectivity index (χ4v) is 2.81. The van der Waals surface area contributed by atoms with E-state index in [-0.39, 0.29) is 18.0 Å². The van der Waals surface area contributed by atoms with E-state index in [9.17, 15) is 14.7 Å². The lowest BCUT2D eigenvalue weighted by Gasteiger charge is -2.37. The van der Waals surface area contributed by atoms with Crippen molar-refractivity contribution in [3.8, 4) is 0 Å². The summed E-state index contributed by atoms with van der Waals surface area (Å²) >= 11 is 0. The zero-order valence-corrected chi connectivity index (χ0v) is 12.5. The number of nitrogens with one attached hydrogen (secondary N) is 1. The van der Waals surface area contributed by atoms with Crippen LogP contribution in [0.25, 0.3) is 0 Å². The quantitative estimate of drug-likeness (QED) is 0.858. The van der Waals surface area contributed by atoms with Crippen LogP contribution in [0.1, 0.15) is 38.6 Å². The van der Waals surface area contributed by atoms with Crippen LogP contribution in [0.4, 0.5) is 4.79 Å². The second-order valence-electron chi connectivity index (χ2n) is 5.57. The van der Waals surface area contributed by atoms with Gasteiger partial charge in [0.05, 0.1) is 6.04 Å². The second-order valence-corrected chi connectivity index (χ2v) is 5.57. The number of nitrogens with zero attached hydrogens (tertiary/aromatic N) is 4. The highest BCUT2D eigenvalue weighted by Gasteiger charge is 2.37. The number of rotatable bonds is 3. The smallest absolute Gasteiger partial charge is 0.326 e. The number of carboxylic acid groups (broad SMARTS) is 1. The fraction of sp³-hybridized carbons (Fsp3) is 0.692. The molecule has 0 aromatic carbocycles. The summed E-state index contributed by atoms with van der Waals surface area (Å²) in [6, 6.07) is -1.48. The molecule has 1 saturated heterocycles. The van der Waals surface area contributed by atoms with Gasteiger partial charge < -0.3 is 19.9 Å². The fourth-order valence-electron chi connectivity index (χ4n) is 2.81. The summed E-state index contributed by atoms with van der Waals surface area (Å²) in [5, 5.41) is 19.9. The topological polar surface area (TPSA) is 100 Å². The SMILES string of the molecule is CC(NC(=O)N1CCCC(C)C1C(=O)O)c1nncn1C. The van der Waals surface area contributed by atoms with Crippen molar-refractivity contribution in [2.45, 2.75) is 38.8 Å². The third-order valence-corrected chi connectivity index (χ3v) is 3.92. The standard InChI is InChI=1S/C13H21N5O3/c1-8-5-4-6-18(10(8)12(19)20)13(21)15-9(2)11-16-14-7-17(11)3/h7-10H,4-6H2,1-3H3,(H,15,21)(H,19,20). The molecule has 2 heterocycles.